The standard InChI is InChI=1S/C24H30O8/c1-4-31-21(27)19(26)18-16(15-9-7-6-8-10-15)13-24(30,22(28)32-5-2)20-17(25)11-14(3)12-23(18,20)29/h6-10,14,16,18,20,29-30H,4-5,11-13H2,1-3H3/t14-,16-,18+,20-,23-,24+/m0/s1. The van der Waals surface area contributed by atoms with E-state index in [9.17, 15) is 29.4 Å². The maximum atomic E-state index is 13.3. The molecule has 2 aliphatic rings. The van der Waals surface area contributed by atoms with Gasteiger partial charge in [0.15, 0.2) is 5.60 Å². The van der Waals surface area contributed by atoms with Gasteiger partial charge in [0.25, 0.3) is 0 Å². The lowest BCUT2D eigenvalue weighted by atomic mass is 9.49. The molecule has 174 valence electrons. The number of carbonyl (C=O) groups excluding carboxylic acids is 4. The third-order valence-electron chi connectivity index (χ3n) is 6.61. The average molecular weight is 446 g/mol. The molecule has 0 aliphatic heterocycles. The average Bonchev–Trinajstić information content (AvgIpc) is 2.72. The zero-order valence-electron chi connectivity index (χ0n) is 18.6. The van der Waals surface area contributed by atoms with Crippen LogP contribution < -0.4 is 0 Å². The molecule has 8 nitrogen and oxygen atoms in total. The molecule has 8 heteroatoms. The Labute approximate surface area is 186 Å². The van der Waals surface area contributed by atoms with E-state index in [0.717, 1.165) is 0 Å². The number of aliphatic hydroxyl groups is 2. The van der Waals surface area contributed by atoms with Crippen LogP contribution >= 0.6 is 0 Å². The monoisotopic (exact) mass is 446 g/mol. The summed E-state index contributed by atoms with van der Waals surface area (Å²) < 4.78 is 10.0. The second-order valence-corrected chi connectivity index (χ2v) is 8.83. The van der Waals surface area contributed by atoms with E-state index in [2.05, 4.69) is 0 Å². The fraction of sp³-hybridized carbons (Fsp3) is 0.583. The number of fused-ring (bicyclic) bond motifs is 1. The summed E-state index contributed by atoms with van der Waals surface area (Å²) >= 11 is 0. The van der Waals surface area contributed by atoms with E-state index in [1.54, 1.807) is 51.1 Å². The lowest BCUT2D eigenvalue weighted by Crippen LogP contribution is -2.71. The van der Waals surface area contributed by atoms with Crippen LogP contribution in [0.15, 0.2) is 30.3 Å². The first-order chi connectivity index (χ1) is 15.1. The Morgan fingerprint density at radius 3 is 2.25 bits per heavy atom. The lowest BCUT2D eigenvalue weighted by Gasteiger charge is -2.56. The second-order valence-electron chi connectivity index (χ2n) is 8.83. The fourth-order valence-corrected chi connectivity index (χ4v) is 5.60. The van der Waals surface area contributed by atoms with Crippen molar-refractivity contribution in [3.8, 4) is 0 Å². The van der Waals surface area contributed by atoms with Crippen LogP contribution in [0.25, 0.3) is 0 Å². The molecule has 32 heavy (non-hydrogen) atoms. The second kappa shape index (κ2) is 9.11. The van der Waals surface area contributed by atoms with Gasteiger partial charge >= 0.3 is 11.9 Å². The Morgan fingerprint density at radius 2 is 1.66 bits per heavy atom. The van der Waals surface area contributed by atoms with E-state index in [-0.39, 0.29) is 38.4 Å². The van der Waals surface area contributed by atoms with E-state index in [1.807, 2.05) is 0 Å². The van der Waals surface area contributed by atoms with Crippen LogP contribution in [0.3, 0.4) is 0 Å². The highest BCUT2D eigenvalue weighted by Gasteiger charge is 2.70. The van der Waals surface area contributed by atoms with Crippen molar-refractivity contribution in [2.75, 3.05) is 13.2 Å². The van der Waals surface area contributed by atoms with Crippen molar-refractivity contribution >= 4 is 23.5 Å². The Hall–Kier alpha value is -2.58. The SMILES string of the molecule is CCOC(=O)C(=O)[C@H]1[C@H](c2ccccc2)C[C@](O)(C(=O)OCC)[C@H]2C(=O)C[C@H](C)C[C@]12O. The van der Waals surface area contributed by atoms with Gasteiger partial charge in [0.1, 0.15) is 5.78 Å². The van der Waals surface area contributed by atoms with Crippen molar-refractivity contribution < 1.29 is 38.9 Å². The summed E-state index contributed by atoms with van der Waals surface area (Å²) in [5, 5.41) is 23.5. The topological polar surface area (TPSA) is 127 Å². The van der Waals surface area contributed by atoms with Crippen LogP contribution in [0, 0.1) is 17.8 Å². The van der Waals surface area contributed by atoms with Crippen molar-refractivity contribution in [2.24, 2.45) is 17.8 Å². The fourth-order valence-electron chi connectivity index (χ4n) is 5.60. The van der Waals surface area contributed by atoms with Crippen LogP contribution in [-0.2, 0) is 28.7 Å². The summed E-state index contributed by atoms with van der Waals surface area (Å²) in [6.07, 6.45) is -0.353. The summed E-state index contributed by atoms with van der Waals surface area (Å²) in [5.41, 5.74) is -3.91. The summed E-state index contributed by atoms with van der Waals surface area (Å²) in [6, 6.07) is 8.58. The van der Waals surface area contributed by atoms with Crippen molar-refractivity contribution in [3.63, 3.8) is 0 Å². The van der Waals surface area contributed by atoms with Crippen molar-refractivity contribution in [3.05, 3.63) is 35.9 Å². The maximum Gasteiger partial charge on any atom is 0.375 e. The van der Waals surface area contributed by atoms with Gasteiger partial charge in [-0.2, -0.15) is 0 Å². The lowest BCUT2D eigenvalue weighted by molar-refractivity contribution is -0.223. The number of benzene rings is 1. The van der Waals surface area contributed by atoms with Gasteiger partial charge in [-0.25, -0.2) is 9.59 Å². The molecule has 0 aromatic heterocycles. The molecule has 3 rings (SSSR count). The minimum Gasteiger partial charge on any atom is -0.464 e. The van der Waals surface area contributed by atoms with Crippen molar-refractivity contribution in [1.82, 2.24) is 0 Å². The summed E-state index contributed by atoms with van der Waals surface area (Å²) in [6.45, 7) is 4.82. The third-order valence-corrected chi connectivity index (χ3v) is 6.61. The number of hydrogen-bond acceptors (Lipinski definition) is 8. The molecule has 0 spiro atoms. The van der Waals surface area contributed by atoms with E-state index >= 15 is 0 Å². The van der Waals surface area contributed by atoms with E-state index in [4.69, 9.17) is 9.47 Å². The number of Topliss-reactive ketones (excluding diaryl/α,β-unsaturated/α-hetero) is 2. The number of ether oxygens (including phenoxy) is 2. The van der Waals surface area contributed by atoms with Gasteiger partial charge in [-0.15, -0.1) is 0 Å². The molecule has 6 atom stereocenters. The van der Waals surface area contributed by atoms with Gasteiger partial charge in [0.05, 0.1) is 30.7 Å². The molecule has 0 bridgehead atoms. The van der Waals surface area contributed by atoms with Gasteiger partial charge in [-0.1, -0.05) is 37.3 Å². The first-order valence-corrected chi connectivity index (χ1v) is 11.0. The minimum absolute atomic E-state index is 0.0297. The van der Waals surface area contributed by atoms with Gasteiger partial charge in [-0.3, -0.25) is 9.59 Å². The van der Waals surface area contributed by atoms with Gasteiger partial charge in [0.2, 0.25) is 5.78 Å². The highest BCUT2D eigenvalue weighted by atomic mass is 16.6. The molecule has 0 radical (unpaired) electrons. The first-order valence-electron chi connectivity index (χ1n) is 11.0. The highest BCUT2D eigenvalue weighted by molar-refractivity contribution is 6.35. The van der Waals surface area contributed by atoms with E-state index < -0.39 is 52.5 Å². The maximum absolute atomic E-state index is 13.3. The molecule has 2 saturated carbocycles. The van der Waals surface area contributed by atoms with Gasteiger partial charge < -0.3 is 19.7 Å². The molecule has 0 unspecified atom stereocenters. The number of ketones is 2. The number of rotatable bonds is 6. The zero-order valence-corrected chi connectivity index (χ0v) is 18.6. The number of carbonyl (C=O) groups is 4. The van der Waals surface area contributed by atoms with Crippen LogP contribution in [0.4, 0.5) is 0 Å². The summed E-state index contributed by atoms with van der Waals surface area (Å²) in [5.74, 6) is -7.82. The molecule has 0 heterocycles. The van der Waals surface area contributed by atoms with Crippen LogP contribution in [-0.4, -0.2) is 58.1 Å². The predicted molar refractivity (Wildman–Crippen MR) is 112 cm³/mol. The Kier molecular flexibility index (Phi) is 6.86. The summed E-state index contributed by atoms with van der Waals surface area (Å²) in [4.78, 5) is 51.8. The van der Waals surface area contributed by atoms with Crippen molar-refractivity contribution in [1.29, 1.82) is 0 Å². The van der Waals surface area contributed by atoms with E-state index in [1.165, 1.54) is 0 Å². The predicted octanol–water partition coefficient (Wildman–Crippen LogP) is 1.56. The van der Waals surface area contributed by atoms with Crippen molar-refractivity contribution in [2.45, 2.75) is 57.2 Å². The Balaban J connectivity index is 2.23. The van der Waals surface area contributed by atoms with E-state index in [0.29, 0.717) is 5.56 Å². The zero-order chi connectivity index (χ0) is 23.7. The van der Waals surface area contributed by atoms with Gasteiger partial charge in [-0.05, 0) is 38.2 Å². The molecule has 1 aromatic rings. The third kappa shape index (κ3) is 3.97. The van der Waals surface area contributed by atoms with Crippen LogP contribution in [0.2, 0.25) is 0 Å². The molecule has 0 amide bonds. The number of hydrogen-bond donors (Lipinski definition) is 2. The molecule has 2 N–H and O–H groups in total. The number of esters is 2. The quantitative estimate of drug-likeness (QED) is 0.498. The molecular weight excluding hydrogens is 416 g/mol. The molecule has 2 aliphatic carbocycles. The molecule has 1 aromatic carbocycles. The normalized spacial score (nSPS) is 34.3. The first kappa shape index (κ1) is 24.1. The molecular formula is C24H30O8. The summed E-state index contributed by atoms with van der Waals surface area (Å²) in [7, 11) is 0. The molecule has 2 fully saturated rings. The smallest absolute Gasteiger partial charge is 0.375 e. The largest absolute Gasteiger partial charge is 0.464 e. The molecule has 0 saturated heterocycles. The minimum atomic E-state index is -2.34. The van der Waals surface area contributed by atoms with Crippen LogP contribution in [0.5, 0.6) is 0 Å². The van der Waals surface area contributed by atoms with Gasteiger partial charge in [0, 0.05) is 12.3 Å². The Bertz CT molecular complexity index is 897. The Morgan fingerprint density at radius 1 is 1.03 bits per heavy atom. The van der Waals surface area contributed by atoms with Crippen LogP contribution in [0.1, 0.15) is 51.5 Å². The highest BCUT2D eigenvalue weighted by Crippen LogP contribution is 2.57.